The Morgan fingerprint density at radius 1 is 0.923 bits per heavy atom. The SMILES string of the molecule is Cc1cc(C(=O)NNC(=O)C(O)(c2ccccc2)c2ccccc2)cs1. The Morgan fingerprint density at radius 2 is 1.46 bits per heavy atom. The average Bonchev–Trinajstić information content (AvgIpc) is 3.13. The van der Waals surface area contributed by atoms with Crippen LogP contribution in [-0.2, 0) is 10.4 Å². The molecular weight excluding hydrogens is 348 g/mol. The van der Waals surface area contributed by atoms with Gasteiger partial charge in [0.2, 0.25) is 0 Å². The van der Waals surface area contributed by atoms with Gasteiger partial charge in [0.1, 0.15) is 0 Å². The van der Waals surface area contributed by atoms with Gasteiger partial charge in [0.25, 0.3) is 11.8 Å². The number of thiophene rings is 1. The third-order valence-electron chi connectivity index (χ3n) is 3.99. The summed E-state index contributed by atoms with van der Waals surface area (Å²) in [6, 6.07) is 18.9. The lowest BCUT2D eigenvalue weighted by molar-refractivity contribution is -0.137. The van der Waals surface area contributed by atoms with Crippen LogP contribution >= 0.6 is 11.3 Å². The van der Waals surface area contributed by atoms with Crippen LogP contribution in [-0.4, -0.2) is 16.9 Å². The van der Waals surface area contributed by atoms with E-state index in [4.69, 9.17) is 0 Å². The number of amides is 2. The summed E-state index contributed by atoms with van der Waals surface area (Å²) in [6.45, 7) is 1.89. The molecule has 5 nitrogen and oxygen atoms in total. The summed E-state index contributed by atoms with van der Waals surface area (Å²) in [5.74, 6) is -1.18. The number of nitrogens with one attached hydrogen (secondary N) is 2. The van der Waals surface area contributed by atoms with Crippen molar-refractivity contribution in [1.29, 1.82) is 0 Å². The van der Waals surface area contributed by atoms with Gasteiger partial charge in [-0.2, -0.15) is 0 Å². The van der Waals surface area contributed by atoms with Crippen molar-refractivity contribution < 1.29 is 14.7 Å². The molecule has 0 spiro atoms. The number of rotatable bonds is 4. The molecule has 2 amide bonds. The van der Waals surface area contributed by atoms with E-state index in [-0.39, 0.29) is 0 Å². The van der Waals surface area contributed by atoms with Crippen molar-refractivity contribution in [2.45, 2.75) is 12.5 Å². The molecule has 2 aromatic carbocycles. The second kappa shape index (κ2) is 7.51. The second-order valence-electron chi connectivity index (χ2n) is 5.80. The Morgan fingerprint density at radius 3 is 1.92 bits per heavy atom. The van der Waals surface area contributed by atoms with Crippen molar-refractivity contribution >= 4 is 23.2 Å². The van der Waals surface area contributed by atoms with Crippen LogP contribution in [0.15, 0.2) is 72.1 Å². The molecule has 0 atom stereocenters. The topological polar surface area (TPSA) is 78.4 Å². The molecule has 0 bridgehead atoms. The highest BCUT2D eigenvalue weighted by Gasteiger charge is 2.40. The fraction of sp³-hybridized carbons (Fsp3) is 0.100. The molecule has 1 heterocycles. The summed E-state index contributed by atoms with van der Waals surface area (Å²) < 4.78 is 0. The third-order valence-corrected chi connectivity index (χ3v) is 4.86. The zero-order valence-corrected chi connectivity index (χ0v) is 14.9. The van der Waals surface area contributed by atoms with Crippen LogP contribution in [0.2, 0.25) is 0 Å². The van der Waals surface area contributed by atoms with Gasteiger partial charge >= 0.3 is 0 Å². The standard InChI is InChI=1S/C20H18N2O3S/c1-14-12-15(13-26-14)18(23)21-22-19(24)20(25,16-8-4-2-5-9-16)17-10-6-3-7-11-17/h2-13,25H,1H3,(H,21,23)(H,22,24). The first-order chi connectivity index (χ1) is 12.5. The number of hydrogen-bond acceptors (Lipinski definition) is 4. The van der Waals surface area contributed by atoms with E-state index < -0.39 is 17.4 Å². The Balaban J connectivity index is 1.85. The van der Waals surface area contributed by atoms with E-state index in [0.717, 1.165) is 4.88 Å². The van der Waals surface area contributed by atoms with E-state index in [1.807, 2.05) is 6.92 Å². The number of carbonyl (C=O) groups is 2. The van der Waals surface area contributed by atoms with Crippen molar-refractivity contribution in [3.63, 3.8) is 0 Å². The van der Waals surface area contributed by atoms with E-state index in [9.17, 15) is 14.7 Å². The fourth-order valence-electron chi connectivity index (χ4n) is 2.63. The Labute approximate surface area is 155 Å². The van der Waals surface area contributed by atoms with Gasteiger partial charge in [-0.3, -0.25) is 20.4 Å². The van der Waals surface area contributed by atoms with Gasteiger partial charge in [0.05, 0.1) is 5.56 Å². The maximum absolute atomic E-state index is 12.8. The lowest BCUT2D eigenvalue weighted by Gasteiger charge is -2.28. The average molecular weight is 366 g/mol. The molecule has 0 aliphatic carbocycles. The number of benzene rings is 2. The van der Waals surface area contributed by atoms with E-state index in [2.05, 4.69) is 10.9 Å². The fourth-order valence-corrected chi connectivity index (χ4v) is 3.31. The van der Waals surface area contributed by atoms with Gasteiger partial charge in [-0.05, 0) is 24.1 Å². The van der Waals surface area contributed by atoms with Gasteiger partial charge in [0.15, 0.2) is 5.60 Å². The third kappa shape index (κ3) is 3.51. The number of carbonyl (C=O) groups excluding carboxylic acids is 2. The first-order valence-electron chi connectivity index (χ1n) is 8.01. The summed E-state index contributed by atoms with van der Waals surface area (Å²) in [4.78, 5) is 26.0. The van der Waals surface area contributed by atoms with Crippen LogP contribution in [0.4, 0.5) is 0 Å². The first kappa shape index (κ1) is 17.8. The number of hydrazine groups is 1. The molecule has 0 saturated carbocycles. The molecule has 0 fully saturated rings. The molecule has 6 heteroatoms. The molecular formula is C20H18N2O3S. The van der Waals surface area contributed by atoms with Crippen LogP contribution < -0.4 is 10.9 Å². The van der Waals surface area contributed by atoms with Crippen LogP contribution in [0.25, 0.3) is 0 Å². The summed E-state index contributed by atoms with van der Waals surface area (Å²) in [6.07, 6.45) is 0. The Kier molecular flexibility index (Phi) is 5.16. The van der Waals surface area contributed by atoms with Gasteiger partial charge in [-0.25, -0.2) is 0 Å². The van der Waals surface area contributed by atoms with E-state index in [1.165, 1.54) is 11.3 Å². The second-order valence-corrected chi connectivity index (χ2v) is 6.91. The van der Waals surface area contributed by atoms with Gasteiger partial charge in [-0.1, -0.05) is 60.7 Å². The largest absolute Gasteiger partial charge is 0.372 e. The van der Waals surface area contributed by atoms with Crippen molar-refractivity contribution in [1.82, 2.24) is 10.9 Å². The van der Waals surface area contributed by atoms with E-state index in [1.54, 1.807) is 72.1 Å². The predicted molar refractivity (Wildman–Crippen MR) is 101 cm³/mol. The van der Waals surface area contributed by atoms with Crippen LogP contribution in [0.5, 0.6) is 0 Å². The highest BCUT2D eigenvalue weighted by Crippen LogP contribution is 2.29. The minimum atomic E-state index is -1.93. The number of aliphatic hydroxyl groups is 1. The quantitative estimate of drug-likeness (QED) is 0.621. The van der Waals surface area contributed by atoms with Gasteiger partial charge in [-0.15, -0.1) is 11.3 Å². The zero-order valence-electron chi connectivity index (χ0n) is 14.1. The van der Waals surface area contributed by atoms with Crippen molar-refractivity contribution in [3.05, 3.63) is 93.7 Å². The van der Waals surface area contributed by atoms with Crippen LogP contribution in [0.1, 0.15) is 26.4 Å². The molecule has 3 aromatic rings. The summed E-state index contributed by atoms with van der Waals surface area (Å²) >= 11 is 1.44. The normalized spacial score (nSPS) is 11.0. The molecule has 0 radical (unpaired) electrons. The molecule has 0 aliphatic rings. The molecule has 0 unspecified atom stereocenters. The maximum atomic E-state index is 12.8. The van der Waals surface area contributed by atoms with Crippen molar-refractivity contribution in [2.75, 3.05) is 0 Å². The molecule has 0 saturated heterocycles. The Hall–Kier alpha value is -2.96. The van der Waals surface area contributed by atoms with Gasteiger partial charge in [0, 0.05) is 10.3 Å². The van der Waals surface area contributed by atoms with E-state index in [0.29, 0.717) is 16.7 Å². The molecule has 3 N–H and O–H groups in total. The number of aryl methyl sites for hydroxylation is 1. The molecule has 0 aliphatic heterocycles. The first-order valence-corrected chi connectivity index (χ1v) is 8.89. The van der Waals surface area contributed by atoms with Crippen molar-refractivity contribution in [2.24, 2.45) is 0 Å². The highest BCUT2D eigenvalue weighted by atomic mass is 32.1. The molecule has 1 aromatic heterocycles. The lowest BCUT2D eigenvalue weighted by Crippen LogP contribution is -2.52. The zero-order chi connectivity index (χ0) is 18.6. The number of hydrogen-bond donors (Lipinski definition) is 3. The Bertz CT molecular complexity index is 868. The van der Waals surface area contributed by atoms with Gasteiger partial charge < -0.3 is 5.11 Å². The molecule has 132 valence electrons. The van der Waals surface area contributed by atoms with Crippen LogP contribution in [0.3, 0.4) is 0 Å². The molecule has 26 heavy (non-hydrogen) atoms. The predicted octanol–water partition coefficient (Wildman–Crippen LogP) is 2.75. The maximum Gasteiger partial charge on any atom is 0.279 e. The van der Waals surface area contributed by atoms with Crippen LogP contribution in [0, 0.1) is 6.92 Å². The summed E-state index contributed by atoms with van der Waals surface area (Å²) in [5.41, 5.74) is 4.05. The smallest absolute Gasteiger partial charge is 0.279 e. The summed E-state index contributed by atoms with van der Waals surface area (Å²) in [5, 5.41) is 13.0. The summed E-state index contributed by atoms with van der Waals surface area (Å²) in [7, 11) is 0. The van der Waals surface area contributed by atoms with E-state index >= 15 is 0 Å². The lowest BCUT2D eigenvalue weighted by atomic mass is 9.85. The monoisotopic (exact) mass is 366 g/mol. The minimum absolute atomic E-state index is 0.407. The molecule has 3 rings (SSSR count). The van der Waals surface area contributed by atoms with Crippen molar-refractivity contribution in [3.8, 4) is 0 Å². The highest BCUT2D eigenvalue weighted by molar-refractivity contribution is 7.10. The minimum Gasteiger partial charge on any atom is -0.372 e.